The van der Waals surface area contributed by atoms with Crippen LogP contribution in [0.3, 0.4) is 0 Å². The highest BCUT2D eigenvalue weighted by Gasteiger charge is 2.26. The molecular formula is C17H21N3OS. The van der Waals surface area contributed by atoms with Crippen molar-refractivity contribution < 1.29 is 4.79 Å². The van der Waals surface area contributed by atoms with Crippen LogP contribution in [0.25, 0.3) is 0 Å². The van der Waals surface area contributed by atoms with Crippen LogP contribution in [0.1, 0.15) is 53.1 Å². The summed E-state index contributed by atoms with van der Waals surface area (Å²) in [7, 11) is 0. The first-order chi connectivity index (χ1) is 10.6. The van der Waals surface area contributed by atoms with E-state index in [0.29, 0.717) is 19.0 Å². The number of rotatable bonds is 4. The molecule has 0 fully saturated rings. The van der Waals surface area contributed by atoms with Crippen molar-refractivity contribution in [2.45, 2.75) is 46.7 Å². The lowest BCUT2D eigenvalue weighted by Gasteiger charge is -2.13. The average Bonchev–Trinajstić information content (AvgIpc) is 3.12. The predicted octanol–water partition coefficient (Wildman–Crippen LogP) is 3.46. The van der Waals surface area contributed by atoms with Gasteiger partial charge in [0.2, 0.25) is 0 Å². The number of fused-ring (bicyclic) bond motifs is 1. The number of nitrogens with zero attached hydrogens (tertiary/aromatic N) is 3. The van der Waals surface area contributed by atoms with Crippen molar-refractivity contribution in [2.75, 3.05) is 0 Å². The van der Waals surface area contributed by atoms with E-state index in [4.69, 9.17) is 0 Å². The van der Waals surface area contributed by atoms with Crippen molar-refractivity contribution in [3.05, 3.63) is 45.2 Å². The number of aromatic nitrogens is 2. The highest BCUT2D eigenvalue weighted by atomic mass is 32.1. The van der Waals surface area contributed by atoms with Crippen molar-refractivity contribution in [3.8, 4) is 0 Å². The van der Waals surface area contributed by atoms with Crippen molar-refractivity contribution >= 4 is 17.2 Å². The molecule has 0 saturated carbocycles. The summed E-state index contributed by atoms with van der Waals surface area (Å²) in [5, 5.41) is 1.96. The van der Waals surface area contributed by atoms with Crippen LogP contribution in [0.2, 0.25) is 0 Å². The predicted molar refractivity (Wildman–Crippen MR) is 87.8 cm³/mol. The van der Waals surface area contributed by atoms with Crippen LogP contribution < -0.4 is 0 Å². The molecule has 0 bridgehead atoms. The molecule has 2 aromatic heterocycles. The Bertz CT molecular complexity index is 693. The number of aryl methyl sites for hydroxylation is 1. The van der Waals surface area contributed by atoms with Crippen LogP contribution in [-0.2, 0) is 25.9 Å². The van der Waals surface area contributed by atoms with Crippen LogP contribution in [-0.4, -0.2) is 20.8 Å². The zero-order valence-electron chi connectivity index (χ0n) is 13.3. The molecule has 0 aliphatic carbocycles. The molecule has 1 amide bonds. The van der Waals surface area contributed by atoms with Gasteiger partial charge in [0.1, 0.15) is 5.82 Å². The second kappa shape index (κ2) is 6.16. The SMILES string of the molecule is CCc1cc(C(=O)N2Cc3cnc(CC(C)C)nc3C2)cs1. The second-order valence-corrected chi connectivity index (χ2v) is 7.17. The highest BCUT2D eigenvalue weighted by molar-refractivity contribution is 7.10. The molecule has 1 aliphatic rings. The zero-order chi connectivity index (χ0) is 15.7. The summed E-state index contributed by atoms with van der Waals surface area (Å²) in [4.78, 5) is 24.8. The van der Waals surface area contributed by atoms with Gasteiger partial charge in [-0.2, -0.15) is 0 Å². The largest absolute Gasteiger partial charge is 0.328 e. The third kappa shape index (κ3) is 3.04. The van der Waals surface area contributed by atoms with Crippen LogP contribution in [0.15, 0.2) is 17.6 Å². The van der Waals surface area contributed by atoms with Crippen molar-refractivity contribution in [1.82, 2.24) is 14.9 Å². The zero-order valence-corrected chi connectivity index (χ0v) is 14.1. The summed E-state index contributed by atoms with van der Waals surface area (Å²) < 4.78 is 0. The minimum atomic E-state index is 0.0966. The summed E-state index contributed by atoms with van der Waals surface area (Å²) >= 11 is 1.65. The summed E-state index contributed by atoms with van der Waals surface area (Å²) in [5.41, 5.74) is 2.88. The smallest absolute Gasteiger partial charge is 0.255 e. The van der Waals surface area contributed by atoms with E-state index in [1.165, 1.54) is 4.88 Å². The van der Waals surface area contributed by atoms with Gasteiger partial charge >= 0.3 is 0 Å². The molecule has 22 heavy (non-hydrogen) atoms. The first-order valence-electron chi connectivity index (χ1n) is 7.77. The molecule has 0 unspecified atom stereocenters. The second-order valence-electron chi connectivity index (χ2n) is 6.17. The van der Waals surface area contributed by atoms with E-state index in [9.17, 15) is 4.79 Å². The Morgan fingerprint density at radius 2 is 2.23 bits per heavy atom. The maximum absolute atomic E-state index is 12.6. The molecule has 116 valence electrons. The summed E-state index contributed by atoms with van der Waals surface area (Å²) in [6.07, 6.45) is 3.74. The van der Waals surface area contributed by atoms with Gasteiger partial charge in [-0.3, -0.25) is 4.79 Å². The lowest BCUT2D eigenvalue weighted by molar-refractivity contribution is 0.0751. The quantitative estimate of drug-likeness (QED) is 0.868. The third-order valence-corrected chi connectivity index (χ3v) is 4.91. The normalized spacial score (nSPS) is 13.7. The molecule has 0 saturated heterocycles. The minimum Gasteiger partial charge on any atom is -0.328 e. The molecule has 0 aromatic carbocycles. The fraction of sp³-hybridized carbons (Fsp3) is 0.471. The van der Waals surface area contributed by atoms with Crippen molar-refractivity contribution in [3.63, 3.8) is 0 Å². The molecule has 0 atom stereocenters. The van der Waals surface area contributed by atoms with Gasteiger partial charge in [-0.15, -0.1) is 11.3 Å². The Kier molecular flexibility index (Phi) is 4.25. The maximum Gasteiger partial charge on any atom is 0.255 e. The van der Waals surface area contributed by atoms with Gasteiger partial charge in [-0.05, 0) is 18.4 Å². The third-order valence-electron chi connectivity index (χ3n) is 3.83. The summed E-state index contributed by atoms with van der Waals surface area (Å²) in [6.45, 7) is 7.65. The van der Waals surface area contributed by atoms with E-state index in [2.05, 4.69) is 30.7 Å². The van der Waals surface area contributed by atoms with Gasteiger partial charge in [0, 0.05) is 35.0 Å². The van der Waals surface area contributed by atoms with Crippen molar-refractivity contribution in [1.29, 1.82) is 0 Å². The first kappa shape index (κ1) is 15.2. The van der Waals surface area contributed by atoms with Crippen LogP contribution >= 0.6 is 11.3 Å². The van der Waals surface area contributed by atoms with E-state index in [-0.39, 0.29) is 5.91 Å². The standard InChI is InChI=1S/C17H21N3OS/c1-4-14-6-12(10-22-14)17(21)20-8-13-7-18-16(5-11(2)3)19-15(13)9-20/h6-7,10-11H,4-5,8-9H2,1-3H3. The molecule has 1 aliphatic heterocycles. The molecule has 5 heteroatoms. The topological polar surface area (TPSA) is 46.1 Å². The number of carbonyl (C=O) groups is 1. The van der Waals surface area contributed by atoms with Gasteiger partial charge in [-0.25, -0.2) is 9.97 Å². The monoisotopic (exact) mass is 315 g/mol. The number of hydrogen-bond donors (Lipinski definition) is 0. The van der Waals surface area contributed by atoms with Crippen LogP contribution in [0.5, 0.6) is 0 Å². The Labute approximate surface area is 135 Å². The molecule has 2 aromatic rings. The highest BCUT2D eigenvalue weighted by Crippen LogP contribution is 2.24. The minimum absolute atomic E-state index is 0.0966. The molecular weight excluding hydrogens is 294 g/mol. The number of amides is 1. The van der Waals surface area contributed by atoms with Crippen molar-refractivity contribution in [2.24, 2.45) is 5.92 Å². The fourth-order valence-electron chi connectivity index (χ4n) is 2.66. The van der Waals surface area contributed by atoms with Gasteiger partial charge < -0.3 is 4.90 Å². The first-order valence-corrected chi connectivity index (χ1v) is 8.65. The van der Waals surface area contributed by atoms with E-state index >= 15 is 0 Å². The molecule has 0 N–H and O–H groups in total. The Morgan fingerprint density at radius 3 is 2.91 bits per heavy atom. The Morgan fingerprint density at radius 1 is 1.41 bits per heavy atom. The molecule has 0 spiro atoms. The van der Waals surface area contributed by atoms with Crippen LogP contribution in [0.4, 0.5) is 0 Å². The van der Waals surface area contributed by atoms with E-state index < -0.39 is 0 Å². The molecule has 4 nitrogen and oxygen atoms in total. The number of hydrogen-bond acceptors (Lipinski definition) is 4. The molecule has 3 rings (SSSR count). The van der Waals surface area contributed by atoms with Gasteiger partial charge in [0.15, 0.2) is 0 Å². The Hall–Kier alpha value is -1.75. The fourth-order valence-corrected chi connectivity index (χ4v) is 3.47. The number of carbonyl (C=O) groups excluding carboxylic acids is 1. The summed E-state index contributed by atoms with van der Waals surface area (Å²) in [5.74, 6) is 1.52. The molecule has 3 heterocycles. The lowest BCUT2D eigenvalue weighted by Crippen LogP contribution is -2.24. The Balaban J connectivity index is 1.74. The number of thiophene rings is 1. The van der Waals surface area contributed by atoms with E-state index in [1.807, 2.05) is 22.5 Å². The lowest BCUT2D eigenvalue weighted by atomic mass is 10.1. The van der Waals surface area contributed by atoms with Gasteiger partial charge in [0.25, 0.3) is 5.91 Å². The summed E-state index contributed by atoms with van der Waals surface area (Å²) in [6, 6.07) is 2.01. The van der Waals surface area contributed by atoms with E-state index in [1.54, 1.807) is 11.3 Å². The van der Waals surface area contributed by atoms with Gasteiger partial charge in [0.05, 0.1) is 17.8 Å². The average molecular weight is 315 g/mol. The van der Waals surface area contributed by atoms with E-state index in [0.717, 1.165) is 35.5 Å². The maximum atomic E-state index is 12.6. The van der Waals surface area contributed by atoms with Crippen LogP contribution in [0, 0.1) is 5.92 Å². The van der Waals surface area contributed by atoms with Gasteiger partial charge in [-0.1, -0.05) is 20.8 Å². The molecule has 0 radical (unpaired) electrons.